The molecule has 0 fully saturated rings. The Kier molecular flexibility index (Phi) is 5.40. The van der Waals surface area contributed by atoms with E-state index in [0.29, 0.717) is 24.7 Å². The predicted octanol–water partition coefficient (Wildman–Crippen LogP) is 0.669. The Morgan fingerprint density at radius 3 is 2.91 bits per heavy atom. The maximum absolute atomic E-state index is 12.1. The second kappa shape index (κ2) is 7.48. The Labute approximate surface area is 129 Å². The van der Waals surface area contributed by atoms with E-state index in [1.165, 1.54) is 6.33 Å². The van der Waals surface area contributed by atoms with Crippen molar-refractivity contribution in [2.24, 2.45) is 5.92 Å². The third-order valence-corrected chi connectivity index (χ3v) is 2.96. The highest BCUT2D eigenvalue weighted by Crippen LogP contribution is 2.08. The number of hydrogen-bond donors (Lipinski definition) is 2. The molecule has 3 N–H and O–H groups in total. The minimum absolute atomic E-state index is 0.130. The molecule has 8 heteroatoms. The molecule has 2 rings (SSSR count). The number of aromatic nitrogens is 5. The molecule has 0 aliphatic carbocycles. The lowest BCUT2D eigenvalue weighted by atomic mass is 10.1. The van der Waals surface area contributed by atoms with Gasteiger partial charge in [0.1, 0.15) is 18.3 Å². The lowest BCUT2D eigenvalue weighted by molar-refractivity contribution is 0.0947. The fourth-order valence-electron chi connectivity index (χ4n) is 2.04. The Morgan fingerprint density at radius 1 is 1.41 bits per heavy atom. The minimum Gasteiger partial charge on any atom is -0.368 e. The summed E-state index contributed by atoms with van der Waals surface area (Å²) in [6, 6.07) is 1.70. The summed E-state index contributed by atoms with van der Waals surface area (Å²) in [6.45, 7) is 5.40. The maximum atomic E-state index is 12.1. The zero-order valence-electron chi connectivity index (χ0n) is 12.9. The molecule has 0 saturated carbocycles. The molecule has 0 spiro atoms. The molecule has 2 aromatic heterocycles. The molecule has 0 radical (unpaired) electrons. The van der Waals surface area contributed by atoms with Gasteiger partial charge in [-0.3, -0.25) is 9.48 Å². The molecule has 0 aliphatic rings. The third kappa shape index (κ3) is 4.80. The largest absolute Gasteiger partial charge is 0.368 e. The lowest BCUT2D eigenvalue weighted by Crippen LogP contribution is -2.27. The van der Waals surface area contributed by atoms with Crippen molar-refractivity contribution in [3.05, 3.63) is 30.1 Å². The normalized spacial score (nSPS) is 10.9. The van der Waals surface area contributed by atoms with Gasteiger partial charge in [-0.2, -0.15) is 5.10 Å². The molecule has 0 aliphatic heterocycles. The van der Waals surface area contributed by atoms with Gasteiger partial charge in [0.2, 0.25) is 5.95 Å². The molecule has 0 atom stereocenters. The van der Waals surface area contributed by atoms with E-state index < -0.39 is 0 Å². The van der Waals surface area contributed by atoms with Crippen molar-refractivity contribution in [2.75, 3.05) is 12.3 Å². The van der Waals surface area contributed by atoms with Crippen LogP contribution in [0.5, 0.6) is 0 Å². The first kappa shape index (κ1) is 15.9. The zero-order valence-corrected chi connectivity index (χ0v) is 12.9. The van der Waals surface area contributed by atoms with Crippen molar-refractivity contribution in [1.82, 2.24) is 30.0 Å². The summed E-state index contributed by atoms with van der Waals surface area (Å²) < 4.78 is 1.72. The molecule has 0 bridgehead atoms. The predicted molar refractivity (Wildman–Crippen MR) is 82.0 cm³/mol. The van der Waals surface area contributed by atoms with E-state index in [1.807, 2.05) is 0 Å². The number of amides is 1. The van der Waals surface area contributed by atoms with Crippen LogP contribution in [-0.4, -0.2) is 37.2 Å². The summed E-state index contributed by atoms with van der Waals surface area (Å²) >= 11 is 0. The number of hydrogen-bond acceptors (Lipinski definition) is 6. The van der Waals surface area contributed by atoms with Crippen molar-refractivity contribution in [1.29, 1.82) is 0 Å². The first-order valence-electron chi connectivity index (χ1n) is 7.28. The Balaban J connectivity index is 1.87. The SMILES string of the molecule is CC(C)Cc1cc(C(=O)NCCCn2cncn2)nc(N)n1. The molecule has 118 valence electrons. The first-order chi connectivity index (χ1) is 10.5. The van der Waals surface area contributed by atoms with Crippen LogP contribution in [0.1, 0.15) is 36.5 Å². The van der Waals surface area contributed by atoms with Gasteiger partial charge in [0.05, 0.1) is 0 Å². The zero-order chi connectivity index (χ0) is 15.9. The molecule has 2 aromatic rings. The maximum Gasteiger partial charge on any atom is 0.270 e. The molecule has 8 nitrogen and oxygen atoms in total. The van der Waals surface area contributed by atoms with E-state index in [-0.39, 0.29) is 11.9 Å². The first-order valence-corrected chi connectivity index (χ1v) is 7.28. The number of carbonyl (C=O) groups is 1. The molecular weight excluding hydrogens is 282 g/mol. The standard InChI is InChI=1S/C14H21N7O/c1-10(2)6-11-7-12(20-14(15)19-11)13(22)17-4-3-5-21-9-16-8-18-21/h7-10H,3-6H2,1-2H3,(H,17,22)(H2,15,19,20). The highest BCUT2D eigenvalue weighted by atomic mass is 16.1. The van der Waals surface area contributed by atoms with Gasteiger partial charge in [-0.05, 0) is 24.8 Å². The van der Waals surface area contributed by atoms with Gasteiger partial charge in [-0.15, -0.1) is 0 Å². The highest BCUT2D eigenvalue weighted by Gasteiger charge is 2.11. The van der Waals surface area contributed by atoms with Crippen molar-refractivity contribution in [3.8, 4) is 0 Å². The number of nitrogens with two attached hydrogens (primary N) is 1. The van der Waals surface area contributed by atoms with Crippen LogP contribution < -0.4 is 11.1 Å². The topological polar surface area (TPSA) is 112 Å². The van der Waals surface area contributed by atoms with E-state index in [9.17, 15) is 4.79 Å². The summed E-state index contributed by atoms with van der Waals surface area (Å²) in [5, 5.41) is 6.82. The monoisotopic (exact) mass is 303 g/mol. The van der Waals surface area contributed by atoms with Crippen LogP contribution in [-0.2, 0) is 13.0 Å². The van der Waals surface area contributed by atoms with Gasteiger partial charge < -0.3 is 11.1 Å². The smallest absolute Gasteiger partial charge is 0.270 e. The summed E-state index contributed by atoms with van der Waals surface area (Å²) in [6.07, 6.45) is 4.65. The second-order valence-corrected chi connectivity index (χ2v) is 5.47. The molecule has 0 unspecified atom stereocenters. The van der Waals surface area contributed by atoms with E-state index in [0.717, 1.165) is 18.5 Å². The Morgan fingerprint density at radius 2 is 2.23 bits per heavy atom. The van der Waals surface area contributed by atoms with Crippen LogP contribution >= 0.6 is 0 Å². The van der Waals surface area contributed by atoms with Crippen LogP contribution in [0, 0.1) is 5.92 Å². The number of aryl methyl sites for hydroxylation is 1. The van der Waals surface area contributed by atoms with Gasteiger partial charge in [-0.25, -0.2) is 15.0 Å². The summed E-state index contributed by atoms with van der Waals surface area (Å²) in [4.78, 5) is 24.1. The number of anilines is 1. The van der Waals surface area contributed by atoms with E-state index in [2.05, 4.69) is 39.2 Å². The average Bonchev–Trinajstić information content (AvgIpc) is 2.95. The fraction of sp³-hybridized carbons (Fsp3) is 0.500. The van der Waals surface area contributed by atoms with Gasteiger partial charge in [-0.1, -0.05) is 13.8 Å². The highest BCUT2D eigenvalue weighted by molar-refractivity contribution is 5.92. The van der Waals surface area contributed by atoms with Gasteiger partial charge >= 0.3 is 0 Å². The van der Waals surface area contributed by atoms with Crippen molar-refractivity contribution < 1.29 is 4.79 Å². The van der Waals surface area contributed by atoms with E-state index >= 15 is 0 Å². The molecular formula is C14H21N7O. The quantitative estimate of drug-likeness (QED) is 0.727. The molecule has 2 heterocycles. The third-order valence-electron chi connectivity index (χ3n) is 2.96. The van der Waals surface area contributed by atoms with Crippen LogP contribution in [0.3, 0.4) is 0 Å². The van der Waals surface area contributed by atoms with Crippen LogP contribution in [0.15, 0.2) is 18.7 Å². The van der Waals surface area contributed by atoms with Crippen LogP contribution in [0.2, 0.25) is 0 Å². The summed E-state index contributed by atoms with van der Waals surface area (Å²) in [7, 11) is 0. The second-order valence-electron chi connectivity index (χ2n) is 5.47. The molecule has 22 heavy (non-hydrogen) atoms. The number of nitrogens with one attached hydrogen (secondary N) is 1. The summed E-state index contributed by atoms with van der Waals surface area (Å²) in [5.41, 5.74) is 6.77. The Bertz CT molecular complexity index is 610. The van der Waals surface area contributed by atoms with E-state index in [4.69, 9.17) is 5.73 Å². The molecule has 1 amide bonds. The lowest BCUT2D eigenvalue weighted by Gasteiger charge is -2.08. The summed E-state index contributed by atoms with van der Waals surface area (Å²) in [5.74, 6) is 0.330. The van der Waals surface area contributed by atoms with Crippen molar-refractivity contribution in [3.63, 3.8) is 0 Å². The average molecular weight is 303 g/mol. The molecule has 0 saturated heterocycles. The number of nitrogen functional groups attached to an aromatic ring is 1. The van der Waals surface area contributed by atoms with Crippen molar-refractivity contribution in [2.45, 2.75) is 33.2 Å². The van der Waals surface area contributed by atoms with Gasteiger partial charge in [0, 0.05) is 18.8 Å². The van der Waals surface area contributed by atoms with Crippen LogP contribution in [0.25, 0.3) is 0 Å². The van der Waals surface area contributed by atoms with Gasteiger partial charge in [0.15, 0.2) is 0 Å². The number of rotatable bonds is 7. The number of carbonyl (C=O) groups excluding carboxylic acids is 1. The van der Waals surface area contributed by atoms with Crippen molar-refractivity contribution >= 4 is 11.9 Å². The minimum atomic E-state index is -0.238. The fourth-order valence-corrected chi connectivity index (χ4v) is 2.04. The van der Waals surface area contributed by atoms with Gasteiger partial charge in [0.25, 0.3) is 5.91 Å². The Hall–Kier alpha value is -2.51. The van der Waals surface area contributed by atoms with E-state index in [1.54, 1.807) is 17.1 Å². The molecule has 0 aromatic carbocycles. The number of nitrogens with zero attached hydrogens (tertiary/aromatic N) is 5. The van der Waals surface area contributed by atoms with Crippen LogP contribution in [0.4, 0.5) is 5.95 Å².